The van der Waals surface area contributed by atoms with Crippen molar-refractivity contribution < 1.29 is 47.0 Å². The lowest BCUT2D eigenvalue weighted by Crippen LogP contribution is -2.54. The molecule has 2 heterocycles. The Bertz CT molecular complexity index is 1900. The molecule has 0 unspecified atom stereocenters. The predicted octanol–water partition coefficient (Wildman–Crippen LogP) is 5.30. The SMILES string of the molecule is CC[C@@H](C)C(=O)N[C@H]1CN(C(=O)c2ccc(C(C)=O)cc2)c2ccccc2N(CC(=O)Nc2nc3ccccc3s2)C1=O.O=C(O)C(F)(F)F. The van der Waals surface area contributed by atoms with Crippen molar-refractivity contribution in [3.05, 3.63) is 83.9 Å². The van der Waals surface area contributed by atoms with Gasteiger partial charge in [-0.2, -0.15) is 13.2 Å². The zero-order chi connectivity index (χ0) is 36.7. The molecular formula is C34H32F3N5O7S. The molecule has 0 aliphatic carbocycles. The molecule has 0 radical (unpaired) electrons. The molecule has 1 aliphatic rings. The van der Waals surface area contributed by atoms with Crippen LogP contribution in [0.1, 0.15) is 47.9 Å². The molecule has 0 fully saturated rings. The van der Waals surface area contributed by atoms with Gasteiger partial charge in [-0.25, -0.2) is 9.78 Å². The third-order valence-corrected chi connectivity index (χ3v) is 8.59. The first-order chi connectivity index (χ1) is 23.6. The average Bonchev–Trinajstić information content (AvgIpc) is 3.45. The maximum Gasteiger partial charge on any atom is 0.490 e. The predicted molar refractivity (Wildman–Crippen MR) is 180 cm³/mol. The van der Waals surface area contributed by atoms with Crippen molar-refractivity contribution in [2.45, 2.75) is 39.4 Å². The van der Waals surface area contributed by atoms with Gasteiger partial charge in [0.05, 0.1) is 28.1 Å². The van der Waals surface area contributed by atoms with Crippen LogP contribution in [0.15, 0.2) is 72.8 Å². The number of Topliss-reactive ketones (excluding diaryl/α,β-unsaturated/α-hetero) is 1. The standard InChI is InChI=1S/C32H31N5O5S.C2HF3O2/c1-4-19(2)29(40)33-24-17-36(30(41)22-15-13-21(14-16-22)20(3)38)25-10-6-7-11-26(25)37(31(24)42)18-28(39)35-32-34-23-9-5-8-12-27(23)43-32;3-2(4,5)1(6)7/h5-16,19,24H,4,17-18H2,1-3H3,(H,33,40)(H,34,35,39);(H,6,7)/t19-,24+;/m1./s1. The summed E-state index contributed by atoms with van der Waals surface area (Å²) in [7, 11) is 0. The normalized spacial score (nSPS) is 14.8. The van der Waals surface area contributed by atoms with Crippen molar-refractivity contribution in [2.24, 2.45) is 5.92 Å². The van der Waals surface area contributed by atoms with E-state index in [2.05, 4.69) is 15.6 Å². The van der Waals surface area contributed by atoms with Crippen LogP contribution in [0.4, 0.5) is 29.7 Å². The molecule has 262 valence electrons. The second-order valence-electron chi connectivity index (χ2n) is 11.2. The number of nitrogens with one attached hydrogen (secondary N) is 2. The number of benzene rings is 3. The first-order valence-electron chi connectivity index (χ1n) is 15.2. The smallest absolute Gasteiger partial charge is 0.475 e. The van der Waals surface area contributed by atoms with E-state index in [1.54, 1.807) is 55.5 Å². The summed E-state index contributed by atoms with van der Waals surface area (Å²) in [5.41, 5.74) is 2.27. The van der Waals surface area contributed by atoms with Crippen LogP contribution in [0, 0.1) is 5.92 Å². The Balaban J connectivity index is 0.000000727. The number of halogens is 3. The summed E-state index contributed by atoms with van der Waals surface area (Å²) in [6.07, 6.45) is -4.52. The molecule has 0 spiro atoms. The molecule has 16 heteroatoms. The number of hydrogen-bond donors (Lipinski definition) is 3. The summed E-state index contributed by atoms with van der Waals surface area (Å²) in [6, 6.07) is 19.5. The molecule has 3 aromatic carbocycles. The Labute approximate surface area is 287 Å². The van der Waals surface area contributed by atoms with Crippen LogP contribution in [0.5, 0.6) is 0 Å². The zero-order valence-corrected chi connectivity index (χ0v) is 27.8. The van der Waals surface area contributed by atoms with E-state index in [0.29, 0.717) is 34.1 Å². The maximum atomic E-state index is 14.1. The molecule has 3 N–H and O–H groups in total. The molecular weight excluding hydrogens is 679 g/mol. The van der Waals surface area contributed by atoms with E-state index in [-0.39, 0.29) is 30.7 Å². The molecule has 4 aromatic rings. The van der Waals surface area contributed by atoms with Crippen molar-refractivity contribution in [3.63, 3.8) is 0 Å². The molecule has 12 nitrogen and oxygen atoms in total. The third-order valence-electron chi connectivity index (χ3n) is 7.64. The minimum absolute atomic E-state index is 0.128. The fourth-order valence-corrected chi connectivity index (χ4v) is 5.66. The summed E-state index contributed by atoms with van der Waals surface area (Å²) in [4.78, 5) is 82.1. The van der Waals surface area contributed by atoms with Crippen molar-refractivity contribution >= 4 is 73.4 Å². The lowest BCUT2D eigenvalue weighted by atomic mass is 10.1. The number of rotatable bonds is 8. The van der Waals surface area contributed by atoms with Gasteiger partial charge >= 0.3 is 12.1 Å². The number of amides is 4. The molecule has 2 atom stereocenters. The topological polar surface area (TPSA) is 166 Å². The fourth-order valence-electron chi connectivity index (χ4n) is 4.78. The number of carbonyl (C=O) groups is 6. The van der Waals surface area contributed by atoms with Crippen molar-refractivity contribution in [1.29, 1.82) is 0 Å². The fraction of sp³-hybridized carbons (Fsp3) is 0.265. The summed E-state index contributed by atoms with van der Waals surface area (Å²) in [5.74, 6) is -5.00. The zero-order valence-electron chi connectivity index (χ0n) is 27.0. The molecule has 5 rings (SSSR count). The highest BCUT2D eigenvalue weighted by atomic mass is 32.1. The largest absolute Gasteiger partial charge is 0.490 e. The molecule has 50 heavy (non-hydrogen) atoms. The Morgan fingerprint density at radius 3 is 2.12 bits per heavy atom. The van der Waals surface area contributed by atoms with E-state index in [9.17, 15) is 37.1 Å². The molecule has 4 amide bonds. The van der Waals surface area contributed by atoms with Crippen molar-refractivity contribution in [2.75, 3.05) is 28.2 Å². The van der Waals surface area contributed by atoms with Crippen LogP contribution >= 0.6 is 11.3 Å². The highest BCUT2D eigenvalue weighted by Gasteiger charge is 2.39. The number of alkyl halides is 3. The molecule has 1 aliphatic heterocycles. The number of carboxylic acids is 1. The van der Waals surface area contributed by atoms with Crippen LogP contribution in [-0.4, -0.2) is 70.8 Å². The van der Waals surface area contributed by atoms with E-state index >= 15 is 0 Å². The van der Waals surface area contributed by atoms with Gasteiger partial charge in [-0.15, -0.1) is 0 Å². The summed E-state index contributed by atoms with van der Waals surface area (Å²) in [6.45, 7) is 4.56. The number of hydrogen-bond acceptors (Lipinski definition) is 8. The Hall–Kier alpha value is -5.64. The van der Waals surface area contributed by atoms with E-state index < -0.39 is 35.9 Å². The number of aromatic nitrogens is 1. The number of ketones is 1. The Morgan fingerprint density at radius 1 is 0.960 bits per heavy atom. The summed E-state index contributed by atoms with van der Waals surface area (Å²) in [5, 5.41) is 13.1. The second kappa shape index (κ2) is 15.7. The summed E-state index contributed by atoms with van der Waals surface area (Å²) >= 11 is 1.32. The van der Waals surface area contributed by atoms with Gasteiger partial charge < -0.3 is 20.6 Å². The van der Waals surface area contributed by atoms with Gasteiger partial charge in [0.1, 0.15) is 12.6 Å². The minimum atomic E-state index is -5.08. The van der Waals surface area contributed by atoms with Crippen LogP contribution in [-0.2, 0) is 19.2 Å². The number of fused-ring (bicyclic) bond motifs is 2. The van der Waals surface area contributed by atoms with E-state index in [1.807, 2.05) is 31.2 Å². The quantitative estimate of drug-likeness (QED) is 0.207. The van der Waals surface area contributed by atoms with Gasteiger partial charge in [0.15, 0.2) is 10.9 Å². The van der Waals surface area contributed by atoms with Gasteiger partial charge in [-0.05, 0) is 49.7 Å². The monoisotopic (exact) mass is 711 g/mol. The molecule has 0 saturated carbocycles. The molecule has 0 saturated heterocycles. The lowest BCUT2D eigenvalue weighted by Gasteiger charge is -2.26. The number of nitrogens with zero attached hydrogens (tertiary/aromatic N) is 3. The van der Waals surface area contributed by atoms with Crippen LogP contribution in [0.2, 0.25) is 0 Å². The first kappa shape index (κ1) is 37.2. The number of carbonyl (C=O) groups excluding carboxylic acids is 5. The van der Waals surface area contributed by atoms with E-state index in [4.69, 9.17) is 9.90 Å². The van der Waals surface area contributed by atoms with E-state index in [1.165, 1.54) is 28.1 Å². The average molecular weight is 712 g/mol. The van der Waals surface area contributed by atoms with Gasteiger partial charge in [-0.3, -0.25) is 28.9 Å². The number of aliphatic carboxylic acids is 1. The molecule has 0 bridgehead atoms. The van der Waals surface area contributed by atoms with Gasteiger partial charge in [0.25, 0.3) is 11.8 Å². The van der Waals surface area contributed by atoms with Crippen LogP contribution < -0.4 is 20.4 Å². The number of thiazole rings is 1. The molecule has 1 aromatic heterocycles. The van der Waals surface area contributed by atoms with E-state index in [0.717, 1.165) is 10.2 Å². The minimum Gasteiger partial charge on any atom is -0.475 e. The summed E-state index contributed by atoms with van der Waals surface area (Å²) < 4.78 is 32.6. The lowest BCUT2D eigenvalue weighted by molar-refractivity contribution is -0.192. The highest BCUT2D eigenvalue weighted by Crippen LogP contribution is 2.34. The van der Waals surface area contributed by atoms with Crippen molar-refractivity contribution in [3.8, 4) is 0 Å². The van der Waals surface area contributed by atoms with Crippen molar-refractivity contribution in [1.82, 2.24) is 10.3 Å². The third kappa shape index (κ3) is 8.87. The van der Waals surface area contributed by atoms with Gasteiger partial charge in [-0.1, -0.05) is 61.6 Å². The Kier molecular flexibility index (Phi) is 11.7. The first-order valence-corrected chi connectivity index (χ1v) is 16.0. The highest BCUT2D eigenvalue weighted by molar-refractivity contribution is 7.22. The van der Waals surface area contributed by atoms with Gasteiger partial charge in [0.2, 0.25) is 11.8 Å². The van der Waals surface area contributed by atoms with Crippen LogP contribution in [0.3, 0.4) is 0 Å². The maximum absolute atomic E-state index is 14.1. The van der Waals surface area contributed by atoms with Crippen LogP contribution in [0.25, 0.3) is 10.2 Å². The number of para-hydroxylation sites is 3. The number of anilines is 3. The van der Waals surface area contributed by atoms with Gasteiger partial charge in [0, 0.05) is 17.0 Å². The second-order valence-corrected chi connectivity index (χ2v) is 12.2. The Morgan fingerprint density at radius 2 is 1.54 bits per heavy atom. The number of carboxylic acid groups (broad SMARTS) is 1.